The minimum Gasteiger partial charge on any atom is -0.480 e. The molecule has 1 heterocycles. The number of benzene rings is 1. The van der Waals surface area contributed by atoms with Crippen molar-refractivity contribution in [3.63, 3.8) is 0 Å². The Labute approximate surface area is 97.4 Å². The molecule has 2 rings (SSSR count). The van der Waals surface area contributed by atoms with Crippen molar-refractivity contribution in [3.05, 3.63) is 30.3 Å². The molecule has 1 aliphatic rings. The largest absolute Gasteiger partial charge is 0.480 e. The molecule has 6 heteroatoms. The third kappa shape index (κ3) is 2.21. The predicted octanol–water partition coefficient (Wildman–Crippen LogP) is 0.308. The molecule has 1 aliphatic heterocycles. The monoisotopic (exact) mass is 236 g/mol. The number of anilines is 1. The van der Waals surface area contributed by atoms with Crippen molar-refractivity contribution in [2.75, 3.05) is 5.01 Å². The van der Waals surface area contributed by atoms with Crippen LogP contribution in [0.2, 0.25) is 0 Å². The highest BCUT2D eigenvalue weighted by Gasteiger charge is 2.40. The second kappa shape index (κ2) is 4.42. The normalized spacial score (nSPS) is 23.6. The molecule has 0 radical (unpaired) electrons. The first-order valence-corrected chi connectivity index (χ1v) is 5.15. The van der Waals surface area contributed by atoms with Gasteiger partial charge in [0.05, 0.1) is 5.69 Å². The molecule has 1 aromatic rings. The number of rotatable bonds is 3. The van der Waals surface area contributed by atoms with Crippen molar-refractivity contribution in [2.24, 2.45) is 0 Å². The maximum Gasteiger partial charge on any atom is 0.328 e. The van der Waals surface area contributed by atoms with Gasteiger partial charge in [-0.3, -0.25) is 9.80 Å². The average molecular weight is 236 g/mol. The highest BCUT2D eigenvalue weighted by atomic mass is 16.4. The summed E-state index contributed by atoms with van der Waals surface area (Å²) in [6, 6.07) is 7.08. The second-order valence-electron chi connectivity index (χ2n) is 3.82. The maximum atomic E-state index is 11.1. The topological polar surface area (TPSA) is 89.9 Å². The van der Waals surface area contributed by atoms with Crippen LogP contribution in [0.15, 0.2) is 30.3 Å². The van der Waals surface area contributed by atoms with Crippen LogP contribution < -0.4 is 10.4 Å². The van der Waals surface area contributed by atoms with E-state index in [1.54, 1.807) is 24.3 Å². The fourth-order valence-corrected chi connectivity index (χ4v) is 1.85. The quantitative estimate of drug-likeness (QED) is 0.699. The van der Waals surface area contributed by atoms with Crippen LogP contribution in [-0.4, -0.2) is 34.2 Å². The van der Waals surface area contributed by atoms with Gasteiger partial charge in [-0.2, -0.15) is 0 Å². The summed E-state index contributed by atoms with van der Waals surface area (Å²) in [5.74, 6) is -2.08. The molecule has 2 unspecified atom stereocenters. The van der Waals surface area contributed by atoms with E-state index in [2.05, 4.69) is 5.43 Å². The minimum atomic E-state index is -1.05. The number of carbonyl (C=O) groups is 2. The maximum absolute atomic E-state index is 11.1. The molecule has 6 nitrogen and oxygen atoms in total. The molecule has 0 bridgehead atoms. The van der Waals surface area contributed by atoms with Crippen LogP contribution in [0, 0.1) is 0 Å². The number of hydrogen-bond donors (Lipinski definition) is 3. The van der Waals surface area contributed by atoms with Crippen LogP contribution in [0.3, 0.4) is 0 Å². The Hall–Kier alpha value is -2.08. The molecule has 1 saturated heterocycles. The van der Waals surface area contributed by atoms with E-state index in [9.17, 15) is 9.59 Å². The molecule has 0 amide bonds. The van der Waals surface area contributed by atoms with Gasteiger partial charge in [-0.15, -0.1) is 0 Å². The first-order chi connectivity index (χ1) is 8.09. The Morgan fingerprint density at radius 3 is 2.35 bits per heavy atom. The Balaban J connectivity index is 2.26. The lowest BCUT2D eigenvalue weighted by atomic mass is 10.1. The number of aliphatic carboxylic acids is 2. The second-order valence-corrected chi connectivity index (χ2v) is 3.82. The molecule has 0 saturated carbocycles. The van der Waals surface area contributed by atoms with Gasteiger partial charge >= 0.3 is 11.9 Å². The molecule has 1 fully saturated rings. The van der Waals surface area contributed by atoms with Gasteiger partial charge in [0.15, 0.2) is 0 Å². The summed E-state index contributed by atoms with van der Waals surface area (Å²) in [6.45, 7) is 0. The van der Waals surface area contributed by atoms with E-state index in [1.165, 1.54) is 5.01 Å². The third-order valence-electron chi connectivity index (χ3n) is 2.68. The number of nitrogens with one attached hydrogen (secondary N) is 1. The van der Waals surface area contributed by atoms with Crippen molar-refractivity contribution in [1.82, 2.24) is 5.43 Å². The van der Waals surface area contributed by atoms with Crippen LogP contribution >= 0.6 is 0 Å². The van der Waals surface area contributed by atoms with Crippen LogP contribution in [-0.2, 0) is 9.59 Å². The average Bonchev–Trinajstić information content (AvgIpc) is 2.75. The number of carboxylic acids is 2. The zero-order valence-electron chi connectivity index (χ0n) is 8.91. The van der Waals surface area contributed by atoms with Gasteiger partial charge in [-0.25, -0.2) is 10.2 Å². The first kappa shape index (κ1) is 11.4. The number of carboxylic acid groups (broad SMARTS) is 2. The van der Waals surface area contributed by atoms with E-state index in [0.29, 0.717) is 5.69 Å². The first-order valence-electron chi connectivity index (χ1n) is 5.15. The van der Waals surface area contributed by atoms with Gasteiger partial charge in [-0.05, 0) is 12.1 Å². The number of nitrogens with zero attached hydrogens (tertiary/aromatic N) is 1. The van der Waals surface area contributed by atoms with E-state index in [4.69, 9.17) is 10.2 Å². The smallest absolute Gasteiger partial charge is 0.328 e. The number of hydrogen-bond acceptors (Lipinski definition) is 4. The molecular formula is C11H12N2O4. The zero-order chi connectivity index (χ0) is 12.4. The third-order valence-corrected chi connectivity index (χ3v) is 2.68. The summed E-state index contributed by atoms with van der Waals surface area (Å²) in [7, 11) is 0. The number of hydrazine groups is 1. The molecular weight excluding hydrogens is 224 g/mol. The fourth-order valence-electron chi connectivity index (χ4n) is 1.85. The van der Waals surface area contributed by atoms with E-state index >= 15 is 0 Å². The highest BCUT2D eigenvalue weighted by Crippen LogP contribution is 2.23. The lowest BCUT2D eigenvalue weighted by Crippen LogP contribution is -2.44. The van der Waals surface area contributed by atoms with E-state index < -0.39 is 24.0 Å². The van der Waals surface area contributed by atoms with Gasteiger partial charge in [0.1, 0.15) is 12.1 Å². The molecule has 2 atom stereocenters. The number of para-hydroxylation sites is 1. The van der Waals surface area contributed by atoms with Gasteiger partial charge in [0, 0.05) is 6.42 Å². The van der Waals surface area contributed by atoms with Crippen LogP contribution in [0.4, 0.5) is 5.69 Å². The highest BCUT2D eigenvalue weighted by molar-refractivity contribution is 5.83. The van der Waals surface area contributed by atoms with Crippen LogP contribution in [0.25, 0.3) is 0 Å². The molecule has 0 aliphatic carbocycles. The standard InChI is InChI=1S/C11H12N2O4/c14-10(15)8-6-9(11(16)17)13(12-8)7-4-2-1-3-5-7/h1-5,8-9,12H,6H2,(H,14,15)(H,16,17). The van der Waals surface area contributed by atoms with Crippen molar-refractivity contribution in [2.45, 2.75) is 18.5 Å². The van der Waals surface area contributed by atoms with E-state index in [-0.39, 0.29) is 6.42 Å². The van der Waals surface area contributed by atoms with Gasteiger partial charge < -0.3 is 10.2 Å². The van der Waals surface area contributed by atoms with Gasteiger partial charge in [0.2, 0.25) is 0 Å². The van der Waals surface area contributed by atoms with E-state index in [1.807, 2.05) is 6.07 Å². The van der Waals surface area contributed by atoms with Crippen LogP contribution in [0.1, 0.15) is 6.42 Å². The van der Waals surface area contributed by atoms with Crippen molar-refractivity contribution >= 4 is 17.6 Å². The van der Waals surface area contributed by atoms with E-state index in [0.717, 1.165) is 0 Å². The molecule has 1 aromatic carbocycles. The zero-order valence-corrected chi connectivity index (χ0v) is 8.91. The Morgan fingerprint density at radius 2 is 1.82 bits per heavy atom. The fraction of sp³-hybridized carbons (Fsp3) is 0.273. The van der Waals surface area contributed by atoms with Crippen LogP contribution in [0.5, 0.6) is 0 Å². The van der Waals surface area contributed by atoms with Gasteiger partial charge in [-0.1, -0.05) is 18.2 Å². The predicted molar refractivity (Wildman–Crippen MR) is 59.5 cm³/mol. The Kier molecular flexibility index (Phi) is 2.97. The van der Waals surface area contributed by atoms with Gasteiger partial charge in [0.25, 0.3) is 0 Å². The molecule has 0 aromatic heterocycles. The minimum absolute atomic E-state index is 0.0412. The summed E-state index contributed by atoms with van der Waals surface area (Å²) in [5.41, 5.74) is 3.33. The Bertz CT molecular complexity index is 434. The molecule has 17 heavy (non-hydrogen) atoms. The Morgan fingerprint density at radius 1 is 1.18 bits per heavy atom. The summed E-state index contributed by atoms with van der Waals surface area (Å²) in [6.07, 6.45) is 0.0412. The van der Waals surface area contributed by atoms with Crippen molar-refractivity contribution in [3.8, 4) is 0 Å². The van der Waals surface area contributed by atoms with Crippen molar-refractivity contribution < 1.29 is 19.8 Å². The summed E-state index contributed by atoms with van der Waals surface area (Å²) < 4.78 is 0. The summed E-state index contributed by atoms with van der Waals surface area (Å²) in [4.78, 5) is 21.9. The molecule has 0 spiro atoms. The lowest BCUT2D eigenvalue weighted by molar-refractivity contribution is -0.139. The summed E-state index contributed by atoms with van der Waals surface area (Å²) >= 11 is 0. The van der Waals surface area contributed by atoms with Crippen molar-refractivity contribution in [1.29, 1.82) is 0 Å². The molecule has 90 valence electrons. The SMILES string of the molecule is O=C(O)C1CC(C(=O)O)N(c2ccccc2)N1. The summed E-state index contributed by atoms with van der Waals surface area (Å²) in [5, 5.41) is 19.4. The lowest BCUT2D eigenvalue weighted by Gasteiger charge is -2.23. The molecule has 3 N–H and O–H groups in total.